The fourth-order valence-corrected chi connectivity index (χ4v) is 6.04. The third-order valence-corrected chi connectivity index (χ3v) is 7.73. The van der Waals surface area contributed by atoms with Gasteiger partial charge in [0.25, 0.3) is 0 Å². The van der Waals surface area contributed by atoms with Crippen LogP contribution in [-0.2, 0) is 31.9 Å². The minimum absolute atomic E-state index is 0.0458. The second-order valence-corrected chi connectivity index (χ2v) is 10.6. The largest absolute Gasteiger partial charge is 0.392 e. The van der Waals surface area contributed by atoms with Crippen molar-refractivity contribution in [2.24, 2.45) is 0 Å². The van der Waals surface area contributed by atoms with E-state index in [1.54, 1.807) is 23.7 Å². The molecule has 1 aliphatic carbocycles. The highest BCUT2D eigenvalue weighted by atomic mass is 32.1. The van der Waals surface area contributed by atoms with Crippen molar-refractivity contribution in [1.29, 1.82) is 0 Å². The third-order valence-electron chi connectivity index (χ3n) is 6.62. The average Bonchev–Trinajstić information content (AvgIpc) is 3.68. The molecule has 0 saturated carbocycles. The first kappa shape index (κ1) is 22.8. The summed E-state index contributed by atoms with van der Waals surface area (Å²) in [5, 5.41) is 19.3. The van der Waals surface area contributed by atoms with E-state index >= 15 is 0 Å². The molecule has 0 saturated heterocycles. The summed E-state index contributed by atoms with van der Waals surface area (Å²) in [7, 11) is 0. The molecule has 182 valence electrons. The van der Waals surface area contributed by atoms with E-state index in [-0.39, 0.29) is 12.0 Å². The lowest BCUT2D eigenvalue weighted by atomic mass is 9.85. The maximum atomic E-state index is 9.60. The van der Waals surface area contributed by atoms with Crippen molar-refractivity contribution < 1.29 is 5.11 Å². The molecule has 5 aromatic rings. The number of aliphatic hydroxyl groups is 1. The number of fused-ring (bicyclic) bond motifs is 3. The predicted octanol–water partition coefficient (Wildman–Crippen LogP) is 4.51. The van der Waals surface area contributed by atoms with Gasteiger partial charge in [-0.1, -0.05) is 38.1 Å². The zero-order chi connectivity index (χ0) is 24.7. The van der Waals surface area contributed by atoms with Gasteiger partial charge in [0.05, 0.1) is 41.9 Å². The fourth-order valence-electron chi connectivity index (χ4n) is 4.81. The van der Waals surface area contributed by atoms with E-state index in [1.165, 1.54) is 16.0 Å². The number of nitrogens with zero attached hydrogens (tertiary/aromatic N) is 7. The summed E-state index contributed by atoms with van der Waals surface area (Å²) >= 11 is 1.69. The number of aromatic nitrogens is 6. The molecule has 0 aliphatic heterocycles. The van der Waals surface area contributed by atoms with Crippen molar-refractivity contribution in [3.63, 3.8) is 0 Å². The summed E-state index contributed by atoms with van der Waals surface area (Å²) in [5.74, 6) is 0. The van der Waals surface area contributed by atoms with Crippen LogP contribution in [0.4, 0.5) is 0 Å². The highest BCUT2D eigenvalue weighted by molar-refractivity contribution is 7.18. The average molecular weight is 498 g/mol. The van der Waals surface area contributed by atoms with Gasteiger partial charge in [0.15, 0.2) is 0 Å². The van der Waals surface area contributed by atoms with E-state index in [2.05, 4.69) is 53.2 Å². The lowest BCUT2D eigenvalue weighted by Gasteiger charge is -2.22. The van der Waals surface area contributed by atoms with E-state index in [1.807, 2.05) is 46.0 Å². The molecular formula is C27H27N7OS. The van der Waals surface area contributed by atoms with Crippen LogP contribution in [0.5, 0.6) is 0 Å². The van der Waals surface area contributed by atoms with Gasteiger partial charge in [-0.15, -0.1) is 11.3 Å². The maximum Gasteiger partial charge on any atom is 0.142 e. The minimum atomic E-state index is -0.216. The fraction of sp³-hybridized carbons (Fsp3) is 0.259. The molecular weight excluding hydrogens is 470 g/mol. The molecule has 0 unspecified atom stereocenters. The molecule has 0 bridgehead atoms. The molecule has 0 amide bonds. The quantitative estimate of drug-likeness (QED) is 0.339. The van der Waals surface area contributed by atoms with Gasteiger partial charge < -0.3 is 5.11 Å². The Morgan fingerprint density at radius 1 is 0.944 bits per heavy atom. The van der Waals surface area contributed by atoms with Gasteiger partial charge in [0.2, 0.25) is 0 Å². The van der Waals surface area contributed by atoms with Crippen molar-refractivity contribution in [3.05, 3.63) is 95.8 Å². The Hall–Kier alpha value is -3.66. The summed E-state index contributed by atoms with van der Waals surface area (Å²) in [6.07, 6.45) is 7.49. The molecule has 0 fully saturated rings. The Kier molecular flexibility index (Phi) is 5.75. The molecule has 1 aromatic carbocycles. The maximum absolute atomic E-state index is 9.60. The topological polar surface area (TPSA) is 84.9 Å². The van der Waals surface area contributed by atoms with Crippen LogP contribution in [-0.4, -0.2) is 39.5 Å². The van der Waals surface area contributed by atoms with E-state index in [4.69, 9.17) is 9.97 Å². The van der Waals surface area contributed by atoms with Crippen LogP contribution in [0.1, 0.15) is 36.4 Å². The van der Waals surface area contributed by atoms with E-state index < -0.39 is 0 Å². The molecule has 4 heterocycles. The van der Waals surface area contributed by atoms with E-state index in [0.717, 1.165) is 27.7 Å². The highest BCUT2D eigenvalue weighted by Gasteiger charge is 2.39. The molecule has 0 spiro atoms. The van der Waals surface area contributed by atoms with Gasteiger partial charge in [-0.25, -0.2) is 9.97 Å². The number of thiazole rings is 1. The van der Waals surface area contributed by atoms with Crippen LogP contribution in [0.25, 0.3) is 21.1 Å². The van der Waals surface area contributed by atoms with Crippen molar-refractivity contribution in [2.75, 3.05) is 0 Å². The molecule has 8 nitrogen and oxygen atoms in total. The summed E-state index contributed by atoms with van der Waals surface area (Å²) in [4.78, 5) is 13.5. The number of pyridine rings is 1. The number of aliphatic hydroxyl groups excluding tert-OH is 1. The first-order valence-corrected chi connectivity index (χ1v) is 12.7. The lowest BCUT2D eigenvalue weighted by Crippen LogP contribution is -2.29. The smallest absolute Gasteiger partial charge is 0.142 e. The molecule has 36 heavy (non-hydrogen) atoms. The molecule has 0 atom stereocenters. The van der Waals surface area contributed by atoms with Crippen LogP contribution in [0, 0.1) is 0 Å². The monoisotopic (exact) mass is 497 g/mol. The van der Waals surface area contributed by atoms with Crippen molar-refractivity contribution in [1.82, 2.24) is 34.4 Å². The molecule has 9 heteroatoms. The zero-order valence-electron chi connectivity index (χ0n) is 20.2. The van der Waals surface area contributed by atoms with Gasteiger partial charge in [-0.3, -0.25) is 14.3 Å². The van der Waals surface area contributed by atoms with Crippen LogP contribution in [0.15, 0.2) is 73.3 Å². The first-order chi connectivity index (χ1) is 17.5. The highest BCUT2D eigenvalue weighted by Crippen LogP contribution is 2.52. The summed E-state index contributed by atoms with van der Waals surface area (Å²) < 4.78 is 3.81. The van der Waals surface area contributed by atoms with Gasteiger partial charge in [-0.2, -0.15) is 10.2 Å². The Morgan fingerprint density at radius 2 is 1.69 bits per heavy atom. The van der Waals surface area contributed by atoms with Crippen molar-refractivity contribution >= 4 is 11.3 Å². The van der Waals surface area contributed by atoms with Crippen LogP contribution in [0.3, 0.4) is 0 Å². The lowest BCUT2D eigenvalue weighted by molar-refractivity contribution is 0.143. The van der Waals surface area contributed by atoms with Gasteiger partial charge in [-0.05, 0) is 41.0 Å². The molecule has 4 aromatic heterocycles. The van der Waals surface area contributed by atoms with Crippen molar-refractivity contribution in [3.8, 4) is 21.1 Å². The second kappa shape index (κ2) is 9.09. The Morgan fingerprint density at radius 3 is 2.36 bits per heavy atom. The zero-order valence-corrected chi connectivity index (χ0v) is 21.1. The second-order valence-electron chi connectivity index (χ2n) is 9.58. The van der Waals surface area contributed by atoms with Crippen molar-refractivity contribution in [2.45, 2.75) is 45.8 Å². The number of rotatable bonds is 8. The van der Waals surface area contributed by atoms with Gasteiger partial charge in [0, 0.05) is 36.7 Å². The molecule has 1 N–H and O–H groups in total. The van der Waals surface area contributed by atoms with Gasteiger partial charge in [0.1, 0.15) is 5.01 Å². The standard InChI is InChI=1S/C27H27N7OS/c1-27(2)22-14-19(16-35)8-9-21(22)24-25(27)31-26(36-24)23-7-3-6-20(30-23)15-32(17-33-12-4-10-28-33)18-34-13-5-11-29-34/h3-14,35H,15-18H2,1-2H3. The Labute approximate surface area is 213 Å². The SMILES string of the molecule is CC1(C)c2cc(CO)ccc2-c2sc(-c3cccc(CN(Cn4cccn4)Cn4cccn4)n3)nc21. The van der Waals surface area contributed by atoms with Crippen LogP contribution < -0.4 is 0 Å². The Bertz CT molecular complexity index is 1450. The number of hydrogen-bond donors (Lipinski definition) is 1. The number of benzene rings is 1. The summed E-state index contributed by atoms with van der Waals surface area (Å²) in [6, 6.07) is 16.2. The minimum Gasteiger partial charge on any atom is -0.392 e. The summed E-state index contributed by atoms with van der Waals surface area (Å²) in [6.45, 7) is 6.36. The number of hydrogen-bond acceptors (Lipinski definition) is 7. The van der Waals surface area contributed by atoms with E-state index in [0.29, 0.717) is 19.9 Å². The first-order valence-electron chi connectivity index (χ1n) is 11.9. The Balaban J connectivity index is 1.29. The molecule has 6 rings (SSSR count). The normalized spacial score (nSPS) is 13.8. The molecule has 0 radical (unpaired) electrons. The third kappa shape index (κ3) is 4.15. The van der Waals surface area contributed by atoms with Crippen LogP contribution >= 0.6 is 11.3 Å². The molecule has 1 aliphatic rings. The summed E-state index contributed by atoms with van der Waals surface area (Å²) in [5.41, 5.74) is 6.08. The van der Waals surface area contributed by atoms with Gasteiger partial charge >= 0.3 is 0 Å². The predicted molar refractivity (Wildman–Crippen MR) is 139 cm³/mol. The van der Waals surface area contributed by atoms with E-state index in [9.17, 15) is 5.11 Å². The van der Waals surface area contributed by atoms with Crippen LogP contribution in [0.2, 0.25) is 0 Å².